The van der Waals surface area contributed by atoms with E-state index in [-0.39, 0.29) is 11.9 Å². The quantitative estimate of drug-likeness (QED) is 0.567. The van der Waals surface area contributed by atoms with Gasteiger partial charge in [0.1, 0.15) is 5.75 Å². The minimum absolute atomic E-state index is 0.304. The lowest BCUT2D eigenvalue weighted by Gasteiger charge is -2.40. The molecule has 1 fully saturated rings. The highest BCUT2D eigenvalue weighted by Crippen LogP contribution is 2.48. The van der Waals surface area contributed by atoms with Crippen LogP contribution in [0.3, 0.4) is 0 Å². The number of rotatable bonds is 4. The van der Waals surface area contributed by atoms with Gasteiger partial charge in [-0.3, -0.25) is 9.59 Å². The van der Waals surface area contributed by atoms with Gasteiger partial charge in [0.15, 0.2) is 0 Å². The maximum Gasteiger partial charge on any atom is 0.315 e. The number of aliphatic carboxylic acids is 1. The molecule has 1 N–H and O–H groups in total. The molecule has 3 aromatic rings. The lowest BCUT2D eigenvalue weighted by atomic mass is 9.62. The van der Waals surface area contributed by atoms with E-state index in [0.717, 1.165) is 16.3 Å². The van der Waals surface area contributed by atoms with Crippen LogP contribution in [0.5, 0.6) is 5.75 Å². The molecule has 0 saturated heterocycles. The van der Waals surface area contributed by atoms with E-state index in [1.54, 1.807) is 6.07 Å². The largest absolute Gasteiger partial charge is 0.481 e. The molecule has 26 heavy (non-hydrogen) atoms. The van der Waals surface area contributed by atoms with Gasteiger partial charge in [-0.25, -0.2) is 0 Å². The van der Waals surface area contributed by atoms with E-state index in [4.69, 9.17) is 4.74 Å². The number of fused-ring (bicyclic) bond motifs is 1. The predicted octanol–water partition coefficient (Wildman–Crippen LogP) is 4.25. The van der Waals surface area contributed by atoms with Crippen molar-refractivity contribution in [2.24, 2.45) is 11.8 Å². The summed E-state index contributed by atoms with van der Waals surface area (Å²) in [5, 5.41) is 11.3. The summed E-state index contributed by atoms with van der Waals surface area (Å²) < 4.78 is 5.68. The zero-order valence-electron chi connectivity index (χ0n) is 14.0. The Morgan fingerprint density at radius 3 is 2.31 bits per heavy atom. The Morgan fingerprint density at radius 2 is 1.54 bits per heavy atom. The van der Waals surface area contributed by atoms with Crippen molar-refractivity contribution in [3.8, 4) is 5.75 Å². The number of ether oxygens (including phenoxy) is 1. The Labute approximate surface area is 151 Å². The highest BCUT2D eigenvalue weighted by atomic mass is 16.5. The molecule has 4 nitrogen and oxygen atoms in total. The van der Waals surface area contributed by atoms with Gasteiger partial charge < -0.3 is 9.84 Å². The third kappa shape index (κ3) is 2.84. The molecule has 0 bridgehead atoms. The number of carbonyl (C=O) groups excluding carboxylic acids is 1. The second kappa shape index (κ2) is 6.64. The van der Waals surface area contributed by atoms with E-state index in [0.29, 0.717) is 12.2 Å². The van der Waals surface area contributed by atoms with Crippen LogP contribution < -0.4 is 4.74 Å². The topological polar surface area (TPSA) is 63.6 Å². The van der Waals surface area contributed by atoms with Crippen LogP contribution in [-0.2, 0) is 9.59 Å². The molecule has 4 rings (SSSR count). The molecule has 1 aliphatic rings. The van der Waals surface area contributed by atoms with Crippen molar-refractivity contribution in [2.45, 2.75) is 12.3 Å². The summed E-state index contributed by atoms with van der Waals surface area (Å²) in [5.74, 6) is -2.07. The van der Waals surface area contributed by atoms with Crippen LogP contribution in [0.15, 0.2) is 72.8 Å². The molecule has 1 unspecified atom stereocenters. The summed E-state index contributed by atoms with van der Waals surface area (Å²) in [6, 6.07) is 22.6. The molecular formula is C22H18O4. The van der Waals surface area contributed by atoms with Crippen molar-refractivity contribution >= 4 is 22.7 Å². The van der Waals surface area contributed by atoms with Crippen LogP contribution in [0.25, 0.3) is 10.8 Å². The van der Waals surface area contributed by atoms with E-state index >= 15 is 0 Å². The van der Waals surface area contributed by atoms with Gasteiger partial charge in [-0.2, -0.15) is 0 Å². The molecule has 4 heteroatoms. The van der Waals surface area contributed by atoms with Crippen molar-refractivity contribution in [1.82, 2.24) is 0 Å². The van der Waals surface area contributed by atoms with Crippen molar-refractivity contribution in [2.75, 3.05) is 0 Å². The number of carboxylic acids is 1. The van der Waals surface area contributed by atoms with Crippen LogP contribution in [0.2, 0.25) is 0 Å². The van der Waals surface area contributed by atoms with Crippen LogP contribution >= 0.6 is 0 Å². The highest BCUT2D eigenvalue weighted by molar-refractivity contribution is 5.91. The molecular weight excluding hydrogens is 328 g/mol. The standard InChI is InChI=1S/C22H18O4/c23-21(24)17-13-18(20(17)15-8-2-1-3-9-15)22(25)26-19-12-6-10-14-7-4-5-11-16(14)19/h1-12,17-18,20H,13H2,(H,23,24)/t17-,18-,20?/m1/s1. The fourth-order valence-corrected chi connectivity index (χ4v) is 3.76. The summed E-state index contributed by atoms with van der Waals surface area (Å²) in [6.07, 6.45) is 0.304. The van der Waals surface area contributed by atoms with E-state index < -0.39 is 17.8 Å². The number of hydrogen-bond acceptors (Lipinski definition) is 3. The van der Waals surface area contributed by atoms with Gasteiger partial charge >= 0.3 is 11.9 Å². The summed E-state index contributed by atoms with van der Waals surface area (Å²) >= 11 is 0. The zero-order valence-corrected chi connectivity index (χ0v) is 14.0. The Bertz CT molecular complexity index is 959. The molecule has 0 aromatic heterocycles. The maximum absolute atomic E-state index is 12.8. The predicted molar refractivity (Wildman–Crippen MR) is 98.0 cm³/mol. The third-order valence-corrected chi connectivity index (χ3v) is 5.14. The minimum Gasteiger partial charge on any atom is -0.481 e. The molecule has 130 valence electrons. The molecule has 0 radical (unpaired) electrons. The first-order valence-corrected chi connectivity index (χ1v) is 8.62. The molecule has 1 aliphatic carbocycles. The Kier molecular flexibility index (Phi) is 4.17. The van der Waals surface area contributed by atoms with Gasteiger partial charge in [0.05, 0.1) is 11.8 Å². The van der Waals surface area contributed by atoms with Gasteiger partial charge in [-0.1, -0.05) is 66.7 Å². The number of benzene rings is 3. The van der Waals surface area contributed by atoms with Gasteiger partial charge in [-0.15, -0.1) is 0 Å². The average molecular weight is 346 g/mol. The van der Waals surface area contributed by atoms with E-state index in [9.17, 15) is 14.7 Å². The van der Waals surface area contributed by atoms with Crippen LogP contribution in [-0.4, -0.2) is 17.0 Å². The molecule has 3 atom stereocenters. The summed E-state index contributed by atoms with van der Waals surface area (Å²) in [4.78, 5) is 24.3. The van der Waals surface area contributed by atoms with Gasteiger partial charge in [0, 0.05) is 11.3 Å². The van der Waals surface area contributed by atoms with E-state index in [1.165, 1.54) is 0 Å². The average Bonchev–Trinajstić information content (AvgIpc) is 2.62. The molecule has 0 heterocycles. The van der Waals surface area contributed by atoms with Crippen LogP contribution in [0.1, 0.15) is 17.9 Å². The summed E-state index contributed by atoms with van der Waals surface area (Å²) in [6.45, 7) is 0. The molecule has 1 saturated carbocycles. The number of esters is 1. The Morgan fingerprint density at radius 1 is 0.846 bits per heavy atom. The van der Waals surface area contributed by atoms with Crippen molar-refractivity contribution < 1.29 is 19.4 Å². The van der Waals surface area contributed by atoms with Crippen molar-refractivity contribution in [3.05, 3.63) is 78.4 Å². The fraction of sp³-hybridized carbons (Fsp3) is 0.182. The number of hydrogen-bond donors (Lipinski definition) is 1. The third-order valence-electron chi connectivity index (χ3n) is 5.14. The lowest BCUT2D eigenvalue weighted by Crippen LogP contribution is -2.45. The van der Waals surface area contributed by atoms with Crippen LogP contribution in [0.4, 0.5) is 0 Å². The normalized spacial score (nSPS) is 21.8. The minimum atomic E-state index is -0.868. The summed E-state index contributed by atoms with van der Waals surface area (Å²) in [5.41, 5.74) is 0.867. The summed E-state index contributed by atoms with van der Waals surface area (Å²) in [7, 11) is 0. The fourth-order valence-electron chi connectivity index (χ4n) is 3.76. The SMILES string of the molecule is O=C(O)[C@@H]1C[C@@H](C(=O)Oc2cccc3ccccc23)C1c1ccccc1. The van der Waals surface area contributed by atoms with E-state index in [1.807, 2.05) is 66.7 Å². The monoisotopic (exact) mass is 346 g/mol. The number of carbonyl (C=O) groups is 2. The molecule has 0 spiro atoms. The number of carboxylic acid groups (broad SMARTS) is 1. The first-order valence-electron chi connectivity index (χ1n) is 8.62. The molecule has 0 aliphatic heterocycles. The lowest BCUT2D eigenvalue weighted by molar-refractivity contribution is -0.155. The molecule has 3 aromatic carbocycles. The first-order chi connectivity index (χ1) is 12.6. The second-order valence-electron chi connectivity index (χ2n) is 6.62. The molecule has 0 amide bonds. The smallest absolute Gasteiger partial charge is 0.315 e. The van der Waals surface area contributed by atoms with Crippen molar-refractivity contribution in [3.63, 3.8) is 0 Å². The van der Waals surface area contributed by atoms with Crippen LogP contribution in [0, 0.1) is 11.8 Å². The van der Waals surface area contributed by atoms with E-state index in [2.05, 4.69) is 0 Å². The zero-order chi connectivity index (χ0) is 18.1. The second-order valence-corrected chi connectivity index (χ2v) is 6.62. The maximum atomic E-state index is 12.8. The first kappa shape index (κ1) is 16.3. The van der Waals surface area contributed by atoms with Gasteiger partial charge in [-0.05, 0) is 23.4 Å². The Hall–Kier alpha value is -3.14. The highest BCUT2D eigenvalue weighted by Gasteiger charge is 2.50. The van der Waals surface area contributed by atoms with Gasteiger partial charge in [0.25, 0.3) is 0 Å². The van der Waals surface area contributed by atoms with Gasteiger partial charge in [0.2, 0.25) is 0 Å². The Balaban J connectivity index is 1.60. The van der Waals surface area contributed by atoms with Crippen molar-refractivity contribution in [1.29, 1.82) is 0 Å².